The highest BCUT2D eigenvalue weighted by Gasteiger charge is 2.06. The average molecular weight is 317 g/mol. The third kappa shape index (κ3) is 5.61. The van der Waals surface area contributed by atoms with Crippen molar-refractivity contribution >= 4 is 29.3 Å². The number of nitrogen functional groups attached to an aromatic ring is 2. The summed E-state index contributed by atoms with van der Waals surface area (Å²) in [5.74, 6) is 0.799. The smallest absolute Gasteiger partial charge is 0.230 e. The van der Waals surface area contributed by atoms with Crippen LogP contribution in [0.15, 0.2) is 41.6 Å². The van der Waals surface area contributed by atoms with Crippen molar-refractivity contribution in [2.24, 2.45) is 0 Å². The molecule has 0 unspecified atom stereocenters. The van der Waals surface area contributed by atoms with E-state index >= 15 is 0 Å². The molecular weight excluding hydrogens is 298 g/mol. The van der Waals surface area contributed by atoms with Gasteiger partial charge in [0, 0.05) is 12.6 Å². The van der Waals surface area contributed by atoms with Gasteiger partial charge in [-0.05, 0) is 18.4 Å². The molecule has 1 aromatic heterocycles. The molecule has 7 heteroatoms. The van der Waals surface area contributed by atoms with Gasteiger partial charge in [-0.15, -0.1) is 0 Å². The molecule has 1 aromatic carbocycles. The Morgan fingerprint density at radius 1 is 1.14 bits per heavy atom. The molecule has 0 atom stereocenters. The standard InChI is InChI=1S/C15H19N5OS/c16-12-9-13(17)20-15(19-12)22-10-14(21)18-8-4-7-11-5-2-1-3-6-11/h1-3,5-6,9H,4,7-8,10H2,(H,18,21)(H4,16,17,19,20). The quantitative estimate of drug-likeness (QED) is 0.406. The normalized spacial score (nSPS) is 10.4. The summed E-state index contributed by atoms with van der Waals surface area (Å²) in [4.78, 5) is 19.8. The molecule has 0 saturated carbocycles. The SMILES string of the molecule is Nc1cc(N)nc(SCC(=O)NCCCc2ccccc2)n1. The molecule has 2 aromatic rings. The molecule has 0 fully saturated rings. The molecule has 1 amide bonds. The summed E-state index contributed by atoms with van der Waals surface area (Å²) in [6.07, 6.45) is 1.85. The fraction of sp³-hybridized carbons (Fsp3) is 0.267. The topological polar surface area (TPSA) is 107 Å². The van der Waals surface area contributed by atoms with E-state index in [0.717, 1.165) is 12.8 Å². The summed E-state index contributed by atoms with van der Waals surface area (Å²) < 4.78 is 0. The van der Waals surface area contributed by atoms with Crippen LogP contribution in [0.5, 0.6) is 0 Å². The number of thioether (sulfide) groups is 1. The van der Waals surface area contributed by atoms with Gasteiger partial charge in [0.25, 0.3) is 0 Å². The van der Waals surface area contributed by atoms with Crippen molar-refractivity contribution in [1.82, 2.24) is 15.3 Å². The van der Waals surface area contributed by atoms with Crippen molar-refractivity contribution < 1.29 is 4.79 Å². The van der Waals surface area contributed by atoms with Crippen LogP contribution in [-0.2, 0) is 11.2 Å². The molecule has 2 rings (SSSR count). The number of carbonyl (C=O) groups is 1. The van der Waals surface area contributed by atoms with Crippen LogP contribution in [0.3, 0.4) is 0 Å². The summed E-state index contributed by atoms with van der Waals surface area (Å²) in [7, 11) is 0. The number of carbonyl (C=O) groups excluding carboxylic acids is 1. The number of hydrogen-bond acceptors (Lipinski definition) is 6. The predicted octanol–water partition coefficient (Wildman–Crippen LogP) is 1.48. The number of benzene rings is 1. The first-order chi connectivity index (χ1) is 10.6. The van der Waals surface area contributed by atoms with E-state index in [4.69, 9.17) is 11.5 Å². The maximum absolute atomic E-state index is 11.7. The van der Waals surface area contributed by atoms with Crippen molar-refractivity contribution in [3.8, 4) is 0 Å². The van der Waals surface area contributed by atoms with E-state index in [0.29, 0.717) is 23.3 Å². The van der Waals surface area contributed by atoms with Crippen LogP contribution >= 0.6 is 11.8 Å². The number of aromatic nitrogens is 2. The van der Waals surface area contributed by atoms with E-state index in [2.05, 4.69) is 27.4 Å². The molecular formula is C15H19N5OS. The van der Waals surface area contributed by atoms with Gasteiger partial charge in [-0.2, -0.15) is 0 Å². The first-order valence-corrected chi connectivity index (χ1v) is 7.95. The number of rotatable bonds is 7. The third-order valence-corrected chi connectivity index (χ3v) is 3.73. The Bertz CT molecular complexity index is 600. The van der Waals surface area contributed by atoms with Crippen molar-refractivity contribution in [3.05, 3.63) is 42.0 Å². The highest BCUT2D eigenvalue weighted by molar-refractivity contribution is 7.99. The minimum Gasteiger partial charge on any atom is -0.383 e. The molecule has 0 bridgehead atoms. The molecule has 1 heterocycles. The Morgan fingerprint density at radius 3 is 2.50 bits per heavy atom. The van der Waals surface area contributed by atoms with Crippen LogP contribution in [0.1, 0.15) is 12.0 Å². The number of aryl methyl sites for hydroxylation is 1. The number of amides is 1. The lowest BCUT2D eigenvalue weighted by molar-refractivity contribution is -0.118. The van der Waals surface area contributed by atoms with Crippen molar-refractivity contribution in [2.75, 3.05) is 23.8 Å². The highest BCUT2D eigenvalue weighted by atomic mass is 32.2. The zero-order valence-corrected chi connectivity index (χ0v) is 13.0. The minimum absolute atomic E-state index is 0.0531. The number of nitrogens with zero attached hydrogens (tertiary/aromatic N) is 2. The van der Waals surface area contributed by atoms with Gasteiger partial charge in [0.15, 0.2) is 5.16 Å². The van der Waals surface area contributed by atoms with Crippen molar-refractivity contribution in [1.29, 1.82) is 0 Å². The minimum atomic E-state index is -0.0531. The first-order valence-electron chi connectivity index (χ1n) is 6.97. The molecule has 0 spiro atoms. The van der Waals surface area contributed by atoms with E-state index in [9.17, 15) is 4.79 Å². The lowest BCUT2D eigenvalue weighted by Gasteiger charge is -2.05. The van der Waals surface area contributed by atoms with Gasteiger partial charge >= 0.3 is 0 Å². The van der Waals surface area contributed by atoms with Gasteiger partial charge in [0.1, 0.15) is 11.6 Å². The summed E-state index contributed by atoms with van der Waals surface area (Å²) >= 11 is 1.22. The molecule has 0 aliphatic heterocycles. The van der Waals surface area contributed by atoms with Gasteiger partial charge < -0.3 is 16.8 Å². The Labute approximate surface area is 133 Å². The Hall–Kier alpha value is -2.28. The Balaban J connectivity index is 1.65. The molecule has 0 saturated heterocycles. The van der Waals surface area contributed by atoms with Gasteiger partial charge in [-0.1, -0.05) is 42.1 Å². The number of nitrogens with two attached hydrogens (primary N) is 2. The van der Waals surface area contributed by atoms with Gasteiger partial charge in [0.2, 0.25) is 5.91 Å². The van der Waals surface area contributed by atoms with E-state index in [1.54, 1.807) is 0 Å². The van der Waals surface area contributed by atoms with Gasteiger partial charge in [-0.3, -0.25) is 4.79 Å². The van der Waals surface area contributed by atoms with Crippen LogP contribution in [0.25, 0.3) is 0 Å². The summed E-state index contributed by atoms with van der Waals surface area (Å²) in [6, 6.07) is 11.7. The van der Waals surface area contributed by atoms with Crippen LogP contribution in [0.4, 0.5) is 11.6 Å². The summed E-state index contributed by atoms with van der Waals surface area (Å²) in [5.41, 5.74) is 12.4. The zero-order valence-electron chi connectivity index (χ0n) is 12.2. The van der Waals surface area contributed by atoms with Crippen LogP contribution in [-0.4, -0.2) is 28.2 Å². The average Bonchev–Trinajstić information content (AvgIpc) is 2.50. The largest absolute Gasteiger partial charge is 0.383 e. The fourth-order valence-corrected chi connectivity index (χ4v) is 2.57. The van der Waals surface area contributed by atoms with Gasteiger partial charge in [-0.25, -0.2) is 9.97 Å². The van der Waals surface area contributed by atoms with E-state index in [-0.39, 0.29) is 11.7 Å². The maximum atomic E-state index is 11.7. The molecule has 22 heavy (non-hydrogen) atoms. The maximum Gasteiger partial charge on any atom is 0.230 e. The molecule has 116 valence electrons. The molecule has 0 aliphatic carbocycles. The fourth-order valence-electron chi connectivity index (χ4n) is 1.87. The van der Waals surface area contributed by atoms with E-state index in [1.165, 1.54) is 23.4 Å². The van der Waals surface area contributed by atoms with E-state index < -0.39 is 0 Å². The molecule has 0 radical (unpaired) electrons. The Kier molecular flexibility index (Phi) is 6.02. The molecule has 0 aliphatic rings. The highest BCUT2D eigenvalue weighted by Crippen LogP contribution is 2.15. The lowest BCUT2D eigenvalue weighted by Crippen LogP contribution is -2.26. The summed E-state index contributed by atoms with van der Waals surface area (Å²) in [5, 5.41) is 3.29. The van der Waals surface area contributed by atoms with Crippen LogP contribution in [0, 0.1) is 0 Å². The monoisotopic (exact) mass is 317 g/mol. The molecule has 6 nitrogen and oxygen atoms in total. The van der Waals surface area contributed by atoms with Crippen LogP contribution < -0.4 is 16.8 Å². The second kappa shape index (κ2) is 8.23. The lowest BCUT2D eigenvalue weighted by atomic mass is 10.1. The van der Waals surface area contributed by atoms with Crippen molar-refractivity contribution in [3.63, 3.8) is 0 Å². The summed E-state index contributed by atoms with van der Waals surface area (Å²) in [6.45, 7) is 0.647. The first kappa shape index (κ1) is 16.1. The van der Waals surface area contributed by atoms with Crippen molar-refractivity contribution in [2.45, 2.75) is 18.0 Å². The van der Waals surface area contributed by atoms with E-state index in [1.807, 2.05) is 18.2 Å². The predicted molar refractivity (Wildman–Crippen MR) is 89.4 cm³/mol. The molecule has 5 N–H and O–H groups in total. The second-order valence-electron chi connectivity index (χ2n) is 4.73. The van der Waals surface area contributed by atoms with Gasteiger partial charge in [0.05, 0.1) is 5.75 Å². The third-order valence-electron chi connectivity index (χ3n) is 2.88. The second-order valence-corrected chi connectivity index (χ2v) is 5.67. The number of nitrogens with one attached hydrogen (secondary N) is 1. The number of hydrogen-bond donors (Lipinski definition) is 3. The Morgan fingerprint density at radius 2 is 1.82 bits per heavy atom. The zero-order chi connectivity index (χ0) is 15.8. The number of anilines is 2. The van der Waals surface area contributed by atoms with Crippen LogP contribution in [0.2, 0.25) is 0 Å².